The van der Waals surface area contributed by atoms with Crippen LogP contribution in [0.3, 0.4) is 0 Å². The van der Waals surface area contributed by atoms with Gasteiger partial charge in [-0.1, -0.05) is 22.0 Å². The molecule has 1 N–H and O–H groups in total. The summed E-state index contributed by atoms with van der Waals surface area (Å²) >= 11 is 3.45. The normalized spacial score (nSPS) is 12.6. The van der Waals surface area contributed by atoms with E-state index in [1.165, 1.54) is 7.11 Å². The second-order valence-electron chi connectivity index (χ2n) is 4.24. The first kappa shape index (κ1) is 15.1. The number of carbonyl (C=O) groups excluding carboxylic acids is 1. The maximum absolute atomic E-state index is 11.4. The summed E-state index contributed by atoms with van der Waals surface area (Å²) in [6.07, 6.45) is 0. The van der Waals surface area contributed by atoms with Gasteiger partial charge in [0.2, 0.25) is 0 Å². The van der Waals surface area contributed by atoms with Crippen molar-refractivity contribution in [3.05, 3.63) is 33.8 Å². The van der Waals surface area contributed by atoms with Crippen LogP contribution in [0.1, 0.15) is 22.8 Å². The van der Waals surface area contributed by atoms with Gasteiger partial charge in [0.05, 0.1) is 19.3 Å². The molecule has 0 bridgehead atoms. The van der Waals surface area contributed by atoms with Crippen LogP contribution in [-0.2, 0) is 11.3 Å². The van der Waals surface area contributed by atoms with Crippen molar-refractivity contribution in [1.29, 1.82) is 0 Å². The third-order valence-electron chi connectivity index (χ3n) is 2.91. The van der Waals surface area contributed by atoms with Gasteiger partial charge in [-0.2, -0.15) is 0 Å². The number of hydrogen-bond donors (Lipinski definition) is 1. The molecule has 1 atom stereocenters. The highest BCUT2D eigenvalue weighted by Gasteiger charge is 2.12. The van der Waals surface area contributed by atoms with E-state index in [-0.39, 0.29) is 18.6 Å². The maximum Gasteiger partial charge on any atom is 0.337 e. The maximum atomic E-state index is 11.4. The van der Waals surface area contributed by atoms with E-state index in [9.17, 15) is 4.79 Å². The molecular formula is C13H18BrNO3. The van der Waals surface area contributed by atoms with Crippen molar-refractivity contribution in [2.75, 3.05) is 20.8 Å². The molecule has 100 valence electrons. The molecule has 0 aliphatic rings. The molecule has 0 radical (unpaired) electrons. The van der Waals surface area contributed by atoms with Crippen molar-refractivity contribution >= 4 is 21.9 Å². The van der Waals surface area contributed by atoms with Crippen molar-refractivity contribution in [1.82, 2.24) is 4.90 Å². The molecule has 1 aromatic carbocycles. The summed E-state index contributed by atoms with van der Waals surface area (Å²) in [4.78, 5) is 13.4. The van der Waals surface area contributed by atoms with E-state index in [2.05, 4.69) is 20.7 Å². The molecule has 0 fully saturated rings. The van der Waals surface area contributed by atoms with Crippen molar-refractivity contribution in [2.45, 2.75) is 19.5 Å². The van der Waals surface area contributed by atoms with Crippen molar-refractivity contribution in [2.24, 2.45) is 0 Å². The van der Waals surface area contributed by atoms with E-state index in [0.717, 1.165) is 10.0 Å². The molecule has 0 spiro atoms. The molecule has 0 aliphatic carbocycles. The topological polar surface area (TPSA) is 49.8 Å². The van der Waals surface area contributed by atoms with E-state index in [1.54, 1.807) is 12.1 Å². The number of hydrogen-bond acceptors (Lipinski definition) is 4. The Morgan fingerprint density at radius 1 is 1.56 bits per heavy atom. The minimum absolute atomic E-state index is 0.0946. The van der Waals surface area contributed by atoms with E-state index >= 15 is 0 Å². The number of carbonyl (C=O) groups is 1. The van der Waals surface area contributed by atoms with Gasteiger partial charge in [-0.15, -0.1) is 0 Å². The molecule has 5 heteroatoms. The standard InChI is InChI=1S/C13H18BrNO3/c1-9(8-16)15(2)7-11-5-4-10(6-12(11)14)13(17)18-3/h4-6,9,16H,7-8H2,1-3H3. The zero-order valence-corrected chi connectivity index (χ0v) is 12.4. The average molecular weight is 316 g/mol. The fourth-order valence-electron chi connectivity index (χ4n) is 1.48. The lowest BCUT2D eigenvalue weighted by atomic mass is 10.1. The number of likely N-dealkylation sites (N-methyl/N-ethyl adjacent to an activating group) is 1. The van der Waals surface area contributed by atoms with E-state index in [4.69, 9.17) is 5.11 Å². The highest BCUT2D eigenvalue weighted by Crippen LogP contribution is 2.21. The number of methoxy groups -OCH3 is 1. The minimum Gasteiger partial charge on any atom is -0.465 e. The first-order valence-electron chi connectivity index (χ1n) is 5.67. The molecular weight excluding hydrogens is 298 g/mol. The van der Waals surface area contributed by atoms with Crippen molar-refractivity contribution < 1.29 is 14.6 Å². The van der Waals surface area contributed by atoms with Crippen molar-refractivity contribution in [3.63, 3.8) is 0 Å². The third kappa shape index (κ3) is 3.80. The number of halogens is 1. The third-order valence-corrected chi connectivity index (χ3v) is 3.65. The number of nitrogens with zero attached hydrogens (tertiary/aromatic N) is 1. The Balaban J connectivity index is 2.83. The number of rotatable bonds is 5. The molecule has 1 rings (SSSR count). The second kappa shape index (κ2) is 6.87. The monoisotopic (exact) mass is 315 g/mol. The first-order valence-corrected chi connectivity index (χ1v) is 6.46. The fourth-order valence-corrected chi connectivity index (χ4v) is 1.99. The van der Waals surface area contributed by atoms with Gasteiger partial charge in [-0.3, -0.25) is 4.90 Å². The number of esters is 1. The largest absolute Gasteiger partial charge is 0.465 e. The minimum atomic E-state index is -0.348. The van der Waals surface area contributed by atoms with Gasteiger partial charge in [0, 0.05) is 17.1 Å². The Morgan fingerprint density at radius 2 is 2.22 bits per heavy atom. The van der Waals surface area contributed by atoms with Crippen LogP contribution in [0, 0.1) is 0 Å². The highest BCUT2D eigenvalue weighted by molar-refractivity contribution is 9.10. The lowest BCUT2D eigenvalue weighted by Gasteiger charge is -2.23. The Labute approximate surface area is 116 Å². The van der Waals surface area contributed by atoms with E-state index in [1.807, 2.05) is 24.9 Å². The SMILES string of the molecule is COC(=O)c1ccc(CN(C)C(C)CO)c(Br)c1. The summed E-state index contributed by atoms with van der Waals surface area (Å²) in [7, 11) is 3.31. The summed E-state index contributed by atoms with van der Waals surface area (Å²) in [6, 6.07) is 5.47. The van der Waals surface area contributed by atoms with Crippen LogP contribution in [0.25, 0.3) is 0 Å². The van der Waals surface area contributed by atoms with Crippen molar-refractivity contribution in [3.8, 4) is 0 Å². The number of aliphatic hydroxyl groups excluding tert-OH is 1. The van der Waals surface area contributed by atoms with Crippen LogP contribution in [0.5, 0.6) is 0 Å². The van der Waals surface area contributed by atoms with Gasteiger partial charge >= 0.3 is 5.97 Å². The Hall–Kier alpha value is -0.910. The van der Waals surface area contributed by atoms with Gasteiger partial charge in [0.15, 0.2) is 0 Å². The molecule has 0 heterocycles. The Kier molecular flexibility index (Phi) is 5.78. The summed E-state index contributed by atoms with van der Waals surface area (Å²) in [6.45, 7) is 2.77. The summed E-state index contributed by atoms with van der Waals surface area (Å²) in [5, 5.41) is 9.09. The van der Waals surface area contributed by atoms with Crippen LogP contribution in [-0.4, -0.2) is 42.8 Å². The van der Waals surface area contributed by atoms with Crippen LogP contribution in [0.4, 0.5) is 0 Å². The zero-order chi connectivity index (χ0) is 13.7. The lowest BCUT2D eigenvalue weighted by molar-refractivity contribution is 0.0600. The van der Waals surface area contributed by atoms with Crippen LogP contribution < -0.4 is 0 Å². The van der Waals surface area contributed by atoms with E-state index < -0.39 is 0 Å². The highest BCUT2D eigenvalue weighted by atomic mass is 79.9. The summed E-state index contributed by atoms with van der Waals surface area (Å²) in [5.41, 5.74) is 1.58. The second-order valence-corrected chi connectivity index (χ2v) is 5.10. The van der Waals surface area contributed by atoms with Gasteiger partial charge in [0.1, 0.15) is 0 Å². The van der Waals surface area contributed by atoms with E-state index in [0.29, 0.717) is 12.1 Å². The quantitative estimate of drug-likeness (QED) is 0.845. The fraction of sp³-hybridized carbons (Fsp3) is 0.462. The molecule has 1 unspecified atom stereocenters. The predicted octanol–water partition coefficient (Wildman–Crippen LogP) is 2.05. The Morgan fingerprint density at radius 3 is 2.72 bits per heavy atom. The zero-order valence-electron chi connectivity index (χ0n) is 10.8. The Bertz CT molecular complexity index is 423. The van der Waals surface area contributed by atoms with Gasteiger partial charge in [-0.05, 0) is 31.7 Å². The van der Waals surface area contributed by atoms with Crippen LogP contribution in [0.15, 0.2) is 22.7 Å². The molecule has 1 aromatic rings. The first-order chi connectivity index (χ1) is 8.49. The molecule has 0 aliphatic heterocycles. The molecule has 0 amide bonds. The molecule has 4 nitrogen and oxygen atoms in total. The smallest absolute Gasteiger partial charge is 0.337 e. The lowest BCUT2D eigenvalue weighted by Crippen LogP contribution is -2.31. The van der Waals surface area contributed by atoms with Crippen LogP contribution >= 0.6 is 15.9 Å². The van der Waals surface area contributed by atoms with Gasteiger partial charge < -0.3 is 9.84 Å². The number of benzene rings is 1. The molecule has 18 heavy (non-hydrogen) atoms. The summed E-state index contributed by atoms with van der Waals surface area (Å²) < 4.78 is 5.53. The van der Waals surface area contributed by atoms with Gasteiger partial charge in [-0.25, -0.2) is 4.79 Å². The number of aliphatic hydroxyl groups is 1. The van der Waals surface area contributed by atoms with Crippen LogP contribution in [0.2, 0.25) is 0 Å². The van der Waals surface area contributed by atoms with Gasteiger partial charge in [0.25, 0.3) is 0 Å². The average Bonchev–Trinajstić information content (AvgIpc) is 2.38. The molecule has 0 saturated carbocycles. The summed E-state index contributed by atoms with van der Waals surface area (Å²) in [5.74, 6) is -0.348. The predicted molar refractivity (Wildman–Crippen MR) is 73.5 cm³/mol. The molecule has 0 aromatic heterocycles. The number of ether oxygens (including phenoxy) is 1. The molecule has 0 saturated heterocycles.